The Morgan fingerprint density at radius 3 is 2.29 bits per heavy atom. The largest absolute Gasteiger partial charge is 0.479 e. The van der Waals surface area contributed by atoms with Crippen LogP contribution in [0.2, 0.25) is 0 Å². The second-order valence-electron chi connectivity index (χ2n) is 7.14. The third-order valence-electron chi connectivity index (χ3n) is 3.71. The molecular formula is C14H23NO6. The number of nitrogens with zero attached hydrogens (tertiary/aromatic N) is 1. The van der Waals surface area contributed by atoms with Gasteiger partial charge in [-0.25, -0.2) is 9.59 Å². The second kappa shape index (κ2) is 4.58. The predicted molar refractivity (Wildman–Crippen MR) is 72.8 cm³/mol. The van der Waals surface area contributed by atoms with Gasteiger partial charge in [0.25, 0.3) is 0 Å². The van der Waals surface area contributed by atoms with Crippen molar-refractivity contribution >= 4 is 12.1 Å². The fourth-order valence-electron chi connectivity index (χ4n) is 2.79. The SMILES string of the molecule is CC(C)(C)OC(=O)N1C[C@@H]2OC(C)(C)O[C@@H]2[C@@]1(C)C(=O)O. The molecule has 2 heterocycles. The van der Waals surface area contributed by atoms with E-state index in [0.29, 0.717) is 0 Å². The molecule has 2 saturated heterocycles. The molecule has 0 bridgehead atoms. The summed E-state index contributed by atoms with van der Waals surface area (Å²) in [4.78, 5) is 25.3. The maximum atomic E-state index is 12.3. The third-order valence-corrected chi connectivity index (χ3v) is 3.71. The Balaban J connectivity index is 2.29. The van der Waals surface area contributed by atoms with E-state index < -0.39 is 41.2 Å². The number of amides is 1. The highest BCUT2D eigenvalue weighted by molar-refractivity contribution is 5.86. The number of rotatable bonds is 1. The number of hydrogen-bond acceptors (Lipinski definition) is 5. The van der Waals surface area contributed by atoms with Crippen LogP contribution in [0.4, 0.5) is 4.79 Å². The predicted octanol–water partition coefficient (Wildman–Crippen LogP) is 1.60. The van der Waals surface area contributed by atoms with Crippen LogP contribution in [0.25, 0.3) is 0 Å². The zero-order chi connectivity index (χ0) is 16.2. The van der Waals surface area contributed by atoms with Crippen LogP contribution in [0.1, 0.15) is 41.5 Å². The smallest absolute Gasteiger partial charge is 0.411 e. The number of aliphatic carboxylic acids is 1. The normalized spacial score (nSPS) is 34.7. The summed E-state index contributed by atoms with van der Waals surface area (Å²) in [6.45, 7) is 10.2. The molecule has 0 unspecified atom stereocenters. The van der Waals surface area contributed by atoms with Crippen LogP contribution in [-0.2, 0) is 19.0 Å². The Labute approximate surface area is 124 Å². The van der Waals surface area contributed by atoms with Gasteiger partial charge in [-0.3, -0.25) is 4.90 Å². The summed E-state index contributed by atoms with van der Waals surface area (Å²) in [6.07, 6.45) is -1.88. The quantitative estimate of drug-likeness (QED) is 0.792. The Bertz CT molecular complexity index is 469. The summed E-state index contributed by atoms with van der Waals surface area (Å²) < 4.78 is 16.7. The average Bonchev–Trinajstić information content (AvgIpc) is 2.69. The van der Waals surface area contributed by atoms with E-state index >= 15 is 0 Å². The van der Waals surface area contributed by atoms with Gasteiger partial charge in [0.1, 0.15) is 17.8 Å². The van der Waals surface area contributed by atoms with E-state index in [1.165, 1.54) is 11.8 Å². The molecule has 0 aliphatic carbocycles. The first-order valence-corrected chi connectivity index (χ1v) is 6.96. The highest BCUT2D eigenvalue weighted by Crippen LogP contribution is 2.43. The molecule has 2 fully saturated rings. The van der Waals surface area contributed by atoms with Crippen LogP contribution in [-0.4, -0.2) is 57.7 Å². The summed E-state index contributed by atoms with van der Waals surface area (Å²) in [6, 6.07) is 0. The molecule has 7 nitrogen and oxygen atoms in total. The van der Waals surface area contributed by atoms with Crippen molar-refractivity contribution in [2.45, 2.75) is 70.7 Å². The van der Waals surface area contributed by atoms with Crippen molar-refractivity contribution in [3.05, 3.63) is 0 Å². The first-order chi connectivity index (χ1) is 9.37. The van der Waals surface area contributed by atoms with Crippen LogP contribution in [0.15, 0.2) is 0 Å². The van der Waals surface area contributed by atoms with Gasteiger partial charge in [0.05, 0.1) is 6.54 Å². The van der Waals surface area contributed by atoms with E-state index in [1.54, 1.807) is 34.6 Å². The van der Waals surface area contributed by atoms with E-state index in [9.17, 15) is 14.7 Å². The topological polar surface area (TPSA) is 85.3 Å². The molecule has 1 amide bonds. The Morgan fingerprint density at radius 2 is 1.81 bits per heavy atom. The van der Waals surface area contributed by atoms with Crippen molar-refractivity contribution < 1.29 is 28.9 Å². The number of fused-ring (bicyclic) bond motifs is 1. The molecule has 0 aromatic carbocycles. The maximum absolute atomic E-state index is 12.3. The van der Waals surface area contributed by atoms with Crippen molar-refractivity contribution in [3.8, 4) is 0 Å². The van der Waals surface area contributed by atoms with Crippen molar-refractivity contribution in [1.29, 1.82) is 0 Å². The Morgan fingerprint density at radius 1 is 1.24 bits per heavy atom. The zero-order valence-corrected chi connectivity index (χ0v) is 13.3. The minimum atomic E-state index is -1.51. The molecule has 7 heteroatoms. The van der Waals surface area contributed by atoms with Gasteiger partial charge in [-0.05, 0) is 41.5 Å². The first-order valence-electron chi connectivity index (χ1n) is 6.96. The lowest BCUT2D eigenvalue weighted by molar-refractivity contribution is -0.180. The molecule has 0 saturated carbocycles. The van der Waals surface area contributed by atoms with Crippen LogP contribution >= 0.6 is 0 Å². The number of likely N-dealkylation sites (tertiary alicyclic amines) is 1. The van der Waals surface area contributed by atoms with Crippen LogP contribution < -0.4 is 0 Å². The van der Waals surface area contributed by atoms with Crippen molar-refractivity contribution in [2.75, 3.05) is 6.54 Å². The van der Waals surface area contributed by atoms with Gasteiger partial charge < -0.3 is 19.3 Å². The van der Waals surface area contributed by atoms with E-state index in [-0.39, 0.29) is 6.54 Å². The lowest BCUT2D eigenvalue weighted by Crippen LogP contribution is -2.58. The molecule has 120 valence electrons. The van der Waals surface area contributed by atoms with Crippen molar-refractivity contribution in [3.63, 3.8) is 0 Å². The molecule has 2 aliphatic rings. The molecular weight excluding hydrogens is 278 g/mol. The highest BCUT2D eigenvalue weighted by Gasteiger charge is 2.64. The van der Waals surface area contributed by atoms with E-state index in [0.717, 1.165) is 0 Å². The van der Waals surface area contributed by atoms with Gasteiger partial charge >= 0.3 is 12.1 Å². The number of carbonyl (C=O) groups excluding carboxylic acids is 1. The third kappa shape index (κ3) is 2.72. The Hall–Kier alpha value is -1.34. The van der Waals surface area contributed by atoms with Crippen LogP contribution in [0.5, 0.6) is 0 Å². The van der Waals surface area contributed by atoms with Gasteiger partial charge in [0, 0.05) is 0 Å². The summed E-state index contributed by atoms with van der Waals surface area (Å²) >= 11 is 0. The number of hydrogen-bond donors (Lipinski definition) is 1. The van der Waals surface area contributed by atoms with Gasteiger partial charge in [0.15, 0.2) is 11.3 Å². The molecule has 2 aliphatic heterocycles. The molecule has 2 rings (SSSR count). The summed E-state index contributed by atoms with van der Waals surface area (Å²) in [5, 5.41) is 9.62. The summed E-state index contributed by atoms with van der Waals surface area (Å²) in [7, 11) is 0. The van der Waals surface area contributed by atoms with Gasteiger partial charge in [-0.15, -0.1) is 0 Å². The van der Waals surface area contributed by atoms with Gasteiger partial charge in [-0.2, -0.15) is 0 Å². The molecule has 0 aromatic rings. The number of carbonyl (C=O) groups is 2. The number of carboxylic acids is 1. The molecule has 1 N–H and O–H groups in total. The van der Waals surface area contributed by atoms with Crippen LogP contribution in [0, 0.1) is 0 Å². The number of carboxylic acid groups (broad SMARTS) is 1. The summed E-state index contributed by atoms with van der Waals surface area (Å²) in [5.74, 6) is -1.99. The summed E-state index contributed by atoms with van der Waals surface area (Å²) in [5.41, 5.74) is -2.21. The minimum Gasteiger partial charge on any atom is -0.479 e. The zero-order valence-electron chi connectivity index (χ0n) is 13.3. The molecule has 0 aromatic heterocycles. The molecule has 21 heavy (non-hydrogen) atoms. The van der Waals surface area contributed by atoms with E-state index in [1.807, 2.05) is 0 Å². The van der Waals surface area contributed by atoms with Crippen molar-refractivity contribution in [1.82, 2.24) is 4.90 Å². The lowest BCUT2D eigenvalue weighted by Gasteiger charge is -2.36. The fourth-order valence-corrected chi connectivity index (χ4v) is 2.79. The molecule has 3 atom stereocenters. The lowest BCUT2D eigenvalue weighted by atomic mass is 9.95. The standard InChI is InChI=1S/C14H23NO6/c1-12(2,3)21-11(18)15-7-8-9(14(15,6)10(16)17)20-13(4,5)19-8/h8-9H,7H2,1-6H3,(H,16,17)/t8-,9-,14-/m0/s1. The molecule has 0 spiro atoms. The maximum Gasteiger partial charge on any atom is 0.411 e. The average molecular weight is 301 g/mol. The van der Waals surface area contributed by atoms with E-state index in [4.69, 9.17) is 14.2 Å². The molecule has 0 radical (unpaired) electrons. The fraction of sp³-hybridized carbons (Fsp3) is 0.857. The van der Waals surface area contributed by atoms with Gasteiger partial charge in [-0.1, -0.05) is 0 Å². The second-order valence-corrected chi connectivity index (χ2v) is 7.14. The monoisotopic (exact) mass is 301 g/mol. The number of ether oxygens (including phenoxy) is 3. The van der Waals surface area contributed by atoms with Crippen LogP contribution in [0.3, 0.4) is 0 Å². The first kappa shape index (κ1) is 16.0. The van der Waals surface area contributed by atoms with Crippen molar-refractivity contribution in [2.24, 2.45) is 0 Å². The highest BCUT2D eigenvalue weighted by atomic mass is 16.8. The minimum absolute atomic E-state index is 0.131. The Kier molecular flexibility index (Phi) is 3.50. The van der Waals surface area contributed by atoms with E-state index in [2.05, 4.69) is 0 Å². The van der Waals surface area contributed by atoms with Gasteiger partial charge in [0.2, 0.25) is 0 Å².